The van der Waals surface area contributed by atoms with Gasteiger partial charge in [0.2, 0.25) is 0 Å². The molecule has 0 radical (unpaired) electrons. The van der Waals surface area contributed by atoms with Gasteiger partial charge in [-0.1, -0.05) is 87.0 Å². The van der Waals surface area contributed by atoms with Crippen molar-refractivity contribution in [1.29, 1.82) is 0 Å². The van der Waals surface area contributed by atoms with Crippen molar-refractivity contribution >= 4 is 11.9 Å². The molecule has 0 saturated carbocycles. The number of hydrogen-bond donors (Lipinski definition) is 4. The van der Waals surface area contributed by atoms with E-state index in [0.717, 1.165) is 18.4 Å². The van der Waals surface area contributed by atoms with E-state index in [9.17, 15) is 19.8 Å². The second-order valence-electron chi connectivity index (χ2n) is 7.74. The molecule has 0 amide bonds. The molecular formula is C28H34O6. The Morgan fingerprint density at radius 1 is 0.735 bits per heavy atom. The Balaban J connectivity index is 0.000000274. The molecule has 3 aromatic carbocycles. The number of carbonyl (C=O) groups is 2. The Kier molecular flexibility index (Phi) is 12.9. The van der Waals surface area contributed by atoms with Crippen molar-refractivity contribution in [1.82, 2.24) is 0 Å². The maximum Gasteiger partial charge on any atom is 0.335 e. The van der Waals surface area contributed by atoms with Gasteiger partial charge in [-0.05, 0) is 42.7 Å². The molecule has 3 rings (SSSR count). The SMILES string of the molecule is CCCC(O)CC(O)(CC)c1ccccc1.O=C(O)c1ccccc1.O=C(O)c1ccccc1. The van der Waals surface area contributed by atoms with Crippen LogP contribution in [0.4, 0.5) is 0 Å². The fourth-order valence-electron chi connectivity index (χ4n) is 3.20. The second-order valence-corrected chi connectivity index (χ2v) is 7.74. The predicted octanol–water partition coefficient (Wildman–Crippen LogP) is 5.60. The van der Waals surface area contributed by atoms with E-state index in [-0.39, 0.29) is 0 Å². The van der Waals surface area contributed by atoms with Crippen LogP contribution in [0.15, 0.2) is 91.0 Å². The number of rotatable bonds is 8. The highest BCUT2D eigenvalue weighted by Crippen LogP contribution is 2.30. The molecule has 3 aromatic rings. The van der Waals surface area contributed by atoms with Crippen LogP contribution in [0.25, 0.3) is 0 Å². The fourth-order valence-corrected chi connectivity index (χ4v) is 3.20. The summed E-state index contributed by atoms with van der Waals surface area (Å²) in [6.07, 6.45) is 2.31. The molecule has 0 aromatic heterocycles. The summed E-state index contributed by atoms with van der Waals surface area (Å²) in [6.45, 7) is 3.99. The molecule has 6 heteroatoms. The maximum absolute atomic E-state index is 10.5. The molecule has 182 valence electrons. The first kappa shape index (κ1) is 28.6. The molecule has 0 aliphatic carbocycles. The zero-order valence-corrected chi connectivity index (χ0v) is 19.7. The van der Waals surface area contributed by atoms with E-state index >= 15 is 0 Å². The van der Waals surface area contributed by atoms with E-state index in [1.165, 1.54) is 0 Å². The van der Waals surface area contributed by atoms with Gasteiger partial charge in [0.1, 0.15) is 0 Å². The van der Waals surface area contributed by atoms with Crippen LogP contribution in [0.5, 0.6) is 0 Å². The number of aliphatic hydroxyl groups is 2. The molecule has 2 unspecified atom stereocenters. The van der Waals surface area contributed by atoms with Gasteiger partial charge in [0.15, 0.2) is 0 Å². The topological polar surface area (TPSA) is 115 Å². The zero-order chi connectivity index (χ0) is 25.4. The van der Waals surface area contributed by atoms with E-state index in [0.29, 0.717) is 24.0 Å². The van der Waals surface area contributed by atoms with Crippen LogP contribution in [0.1, 0.15) is 65.8 Å². The average Bonchev–Trinajstić information content (AvgIpc) is 2.86. The minimum absolute atomic E-state index is 0.331. The molecule has 0 aliphatic heterocycles. The summed E-state index contributed by atoms with van der Waals surface area (Å²) in [4.78, 5) is 20.4. The Labute approximate surface area is 201 Å². The van der Waals surface area contributed by atoms with E-state index in [2.05, 4.69) is 0 Å². The average molecular weight is 467 g/mol. The molecule has 0 aliphatic rings. The monoisotopic (exact) mass is 466 g/mol. The third-order valence-corrected chi connectivity index (χ3v) is 5.13. The first-order valence-corrected chi connectivity index (χ1v) is 11.3. The Bertz CT molecular complexity index is 910. The lowest BCUT2D eigenvalue weighted by molar-refractivity contribution is -0.0205. The van der Waals surface area contributed by atoms with Crippen LogP contribution in [0.2, 0.25) is 0 Å². The van der Waals surface area contributed by atoms with Gasteiger partial charge >= 0.3 is 11.9 Å². The van der Waals surface area contributed by atoms with Crippen molar-refractivity contribution in [2.45, 2.75) is 51.2 Å². The molecule has 4 N–H and O–H groups in total. The summed E-state index contributed by atoms with van der Waals surface area (Å²) in [5.74, 6) is -1.76. The van der Waals surface area contributed by atoms with Gasteiger partial charge in [0, 0.05) is 6.42 Å². The van der Waals surface area contributed by atoms with Gasteiger partial charge in [-0.2, -0.15) is 0 Å². The van der Waals surface area contributed by atoms with Crippen molar-refractivity contribution in [3.63, 3.8) is 0 Å². The lowest BCUT2D eigenvalue weighted by Gasteiger charge is -2.29. The Morgan fingerprint density at radius 3 is 1.41 bits per heavy atom. The van der Waals surface area contributed by atoms with Gasteiger partial charge in [-0.25, -0.2) is 9.59 Å². The summed E-state index contributed by atoms with van der Waals surface area (Å²) < 4.78 is 0. The first-order chi connectivity index (χ1) is 16.2. The summed E-state index contributed by atoms with van der Waals surface area (Å²) in [5, 5.41) is 37.1. The van der Waals surface area contributed by atoms with Crippen LogP contribution < -0.4 is 0 Å². The highest BCUT2D eigenvalue weighted by atomic mass is 16.4. The standard InChI is InChI=1S/C14H22O2.2C7H6O2/c1-3-8-13(15)11-14(16,4-2)12-9-6-5-7-10-12;2*8-7(9)6-4-2-1-3-5-6/h5-7,9-10,13,15-16H,3-4,8,11H2,1-2H3;2*1-5H,(H,8,9). The third kappa shape index (κ3) is 10.4. The minimum Gasteiger partial charge on any atom is -0.478 e. The van der Waals surface area contributed by atoms with Gasteiger partial charge < -0.3 is 20.4 Å². The second kappa shape index (κ2) is 15.4. The molecule has 2 atom stereocenters. The minimum atomic E-state index is -0.893. The summed E-state index contributed by atoms with van der Waals surface area (Å²) >= 11 is 0. The smallest absolute Gasteiger partial charge is 0.335 e. The Hall–Kier alpha value is -3.48. The summed E-state index contributed by atoms with van der Waals surface area (Å²) in [6, 6.07) is 26.2. The van der Waals surface area contributed by atoms with Crippen LogP contribution in [0.3, 0.4) is 0 Å². The maximum atomic E-state index is 10.5. The highest BCUT2D eigenvalue weighted by molar-refractivity contribution is 5.87. The largest absolute Gasteiger partial charge is 0.478 e. The van der Waals surface area contributed by atoms with Gasteiger partial charge in [-0.3, -0.25) is 0 Å². The van der Waals surface area contributed by atoms with E-state index in [1.807, 2.05) is 44.2 Å². The number of carboxylic acids is 2. The van der Waals surface area contributed by atoms with Crippen molar-refractivity contribution < 1.29 is 30.0 Å². The van der Waals surface area contributed by atoms with Crippen molar-refractivity contribution in [3.05, 3.63) is 108 Å². The molecule has 0 fully saturated rings. The summed E-state index contributed by atoms with van der Waals surface area (Å²) in [5.41, 5.74) is 0.665. The molecule has 34 heavy (non-hydrogen) atoms. The normalized spacial score (nSPS) is 12.6. The van der Waals surface area contributed by atoms with Gasteiger partial charge in [-0.15, -0.1) is 0 Å². The van der Waals surface area contributed by atoms with Crippen LogP contribution in [-0.2, 0) is 5.60 Å². The lowest BCUT2D eigenvalue weighted by Crippen LogP contribution is -2.30. The Morgan fingerprint density at radius 2 is 1.12 bits per heavy atom. The van der Waals surface area contributed by atoms with Crippen LogP contribution >= 0.6 is 0 Å². The van der Waals surface area contributed by atoms with Crippen LogP contribution in [-0.4, -0.2) is 38.5 Å². The van der Waals surface area contributed by atoms with E-state index in [4.69, 9.17) is 10.2 Å². The lowest BCUT2D eigenvalue weighted by atomic mass is 9.85. The van der Waals surface area contributed by atoms with Crippen molar-refractivity contribution in [2.24, 2.45) is 0 Å². The molecular weight excluding hydrogens is 432 g/mol. The van der Waals surface area contributed by atoms with E-state index in [1.54, 1.807) is 60.7 Å². The van der Waals surface area contributed by atoms with Crippen LogP contribution in [0, 0.1) is 0 Å². The van der Waals surface area contributed by atoms with Gasteiger partial charge in [0.25, 0.3) is 0 Å². The number of aromatic carboxylic acids is 2. The number of benzene rings is 3. The quantitative estimate of drug-likeness (QED) is 0.343. The molecule has 0 bridgehead atoms. The highest BCUT2D eigenvalue weighted by Gasteiger charge is 2.29. The third-order valence-electron chi connectivity index (χ3n) is 5.13. The van der Waals surface area contributed by atoms with E-state index < -0.39 is 23.6 Å². The number of aliphatic hydroxyl groups excluding tert-OH is 1. The fraction of sp³-hybridized carbons (Fsp3) is 0.286. The van der Waals surface area contributed by atoms with Crippen molar-refractivity contribution in [3.8, 4) is 0 Å². The molecule has 0 spiro atoms. The number of hydrogen-bond acceptors (Lipinski definition) is 4. The summed E-state index contributed by atoms with van der Waals surface area (Å²) in [7, 11) is 0. The molecule has 0 saturated heterocycles. The predicted molar refractivity (Wildman–Crippen MR) is 133 cm³/mol. The van der Waals surface area contributed by atoms with Crippen molar-refractivity contribution in [2.75, 3.05) is 0 Å². The zero-order valence-electron chi connectivity index (χ0n) is 19.7. The van der Waals surface area contributed by atoms with Gasteiger partial charge in [0.05, 0.1) is 22.8 Å². The molecule has 0 heterocycles. The first-order valence-electron chi connectivity index (χ1n) is 11.3. The number of carboxylic acid groups (broad SMARTS) is 2. The molecule has 6 nitrogen and oxygen atoms in total.